The number of rotatable bonds is 3. The van der Waals surface area contributed by atoms with E-state index in [2.05, 4.69) is 11.0 Å². The Labute approximate surface area is 114 Å². The van der Waals surface area contributed by atoms with Gasteiger partial charge < -0.3 is 15.2 Å². The van der Waals surface area contributed by atoms with Crippen molar-refractivity contribution in [3.8, 4) is 11.5 Å². The van der Waals surface area contributed by atoms with E-state index in [0.29, 0.717) is 6.54 Å². The van der Waals surface area contributed by atoms with Gasteiger partial charge in [-0.2, -0.15) is 0 Å². The summed E-state index contributed by atoms with van der Waals surface area (Å²) in [6, 6.07) is 6.06. The van der Waals surface area contributed by atoms with Crippen molar-refractivity contribution in [2.45, 2.75) is 24.8 Å². The van der Waals surface area contributed by atoms with Crippen LogP contribution in [0.5, 0.6) is 11.5 Å². The molecule has 1 aromatic rings. The first-order valence-corrected chi connectivity index (χ1v) is 7.06. The molecule has 0 aliphatic carbocycles. The molecule has 1 saturated heterocycles. The van der Waals surface area contributed by atoms with Crippen molar-refractivity contribution in [3.63, 3.8) is 0 Å². The maximum absolute atomic E-state index is 6.19. The Morgan fingerprint density at radius 1 is 1.37 bits per heavy atom. The van der Waals surface area contributed by atoms with Gasteiger partial charge in [-0.3, -0.25) is 4.90 Å². The van der Waals surface area contributed by atoms with Crippen molar-refractivity contribution in [2.24, 2.45) is 5.73 Å². The van der Waals surface area contributed by atoms with E-state index in [4.69, 9.17) is 15.2 Å². The highest BCUT2D eigenvalue weighted by atomic mass is 16.5. The predicted molar refractivity (Wildman–Crippen MR) is 74.6 cm³/mol. The number of hydrogen-bond donors (Lipinski definition) is 1. The van der Waals surface area contributed by atoms with Gasteiger partial charge in [-0.05, 0) is 44.1 Å². The van der Waals surface area contributed by atoms with Gasteiger partial charge in [0, 0.05) is 18.5 Å². The van der Waals surface area contributed by atoms with E-state index in [9.17, 15) is 0 Å². The van der Waals surface area contributed by atoms with Crippen LogP contribution in [-0.4, -0.2) is 38.3 Å². The molecule has 0 radical (unpaired) electrons. The van der Waals surface area contributed by atoms with E-state index in [1.165, 1.54) is 18.4 Å². The fourth-order valence-electron chi connectivity index (χ4n) is 3.40. The van der Waals surface area contributed by atoms with Crippen molar-refractivity contribution in [1.82, 2.24) is 4.90 Å². The van der Waals surface area contributed by atoms with Crippen molar-refractivity contribution in [1.29, 1.82) is 0 Å². The molecule has 19 heavy (non-hydrogen) atoms. The Morgan fingerprint density at radius 3 is 2.84 bits per heavy atom. The Balaban J connectivity index is 2.07. The van der Waals surface area contributed by atoms with Gasteiger partial charge in [0.2, 0.25) is 0 Å². The number of benzene rings is 1. The third-order valence-corrected chi connectivity index (χ3v) is 4.51. The first-order valence-electron chi connectivity index (χ1n) is 7.06. The van der Waals surface area contributed by atoms with Crippen LogP contribution in [0.3, 0.4) is 0 Å². The van der Waals surface area contributed by atoms with E-state index in [1.807, 2.05) is 12.1 Å². The van der Waals surface area contributed by atoms with E-state index in [-0.39, 0.29) is 5.54 Å². The predicted octanol–water partition coefficient (Wildman–Crippen LogP) is 1.73. The van der Waals surface area contributed by atoms with Crippen LogP contribution in [0.1, 0.15) is 24.8 Å². The van der Waals surface area contributed by atoms with Gasteiger partial charge >= 0.3 is 0 Å². The maximum Gasteiger partial charge on any atom is 0.124 e. The van der Waals surface area contributed by atoms with Crippen LogP contribution in [0.2, 0.25) is 0 Å². The van der Waals surface area contributed by atoms with Gasteiger partial charge in [0.25, 0.3) is 0 Å². The molecule has 1 fully saturated rings. The molecule has 0 amide bonds. The first kappa shape index (κ1) is 12.8. The van der Waals surface area contributed by atoms with Crippen LogP contribution < -0.4 is 15.2 Å². The number of hydrogen-bond acceptors (Lipinski definition) is 4. The molecule has 1 atom stereocenters. The van der Waals surface area contributed by atoms with Crippen LogP contribution in [0.15, 0.2) is 18.2 Å². The fraction of sp³-hybridized carbons (Fsp3) is 0.600. The number of likely N-dealkylation sites (tertiary alicyclic amines) is 1. The monoisotopic (exact) mass is 262 g/mol. The minimum atomic E-state index is -0.0708. The van der Waals surface area contributed by atoms with Gasteiger partial charge in [-0.25, -0.2) is 0 Å². The molecule has 1 unspecified atom stereocenters. The van der Waals surface area contributed by atoms with Crippen molar-refractivity contribution in [2.75, 3.05) is 33.4 Å². The van der Waals surface area contributed by atoms with E-state index < -0.39 is 0 Å². The summed E-state index contributed by atoms with van der Waals surface area (Å²) in [5, 5.41) is 0. The molecule has 0 bridgehead atoms. The molecule has 2 aliphatic heterocycles. The topological polar surface area (TPSA) is 47.7 Å². The highest BCUT2D eigenvalue weighted by Crippen LogP contribution is 2.43. The highest BCUT2D eigenvalue weighted by molar-refractivity contribution is 5.46. The lowest BCUT2D eigenvalue weighted by molar-refractivity contribution is 0.0694. The zero-order valence-electron chi connectivity index (χ0n) is 11.5. The lowest BCUT2D eigenvalue weighted by Gasteiger charge is -2.45. The summed E-state index contributed by atoms with van der Waals surface area (Å²) in [5.74, 6) is 1.84. The van der Waals surface area contributed by atoms with Crippen molar-refractivity contribution >= 4 is 0 Å². The van der Waals surface area contributed by atoms with E-state index in [1.54, 1.807) is 7.11 Å². The third kappa shape index (κ3) is 1.99. The van der Waals surface area contributed by atoms with Crippen LogP contribution in [0.25, 0.3) is 0 Å². The van der Waals surface area contributed by atoms with Crippen LogP contribution in [0, 0.1) is 0 Å². The second kappa shape index (κ2) is 5.02. The zero-order chi connectivity index (χ0) is 13.3. The SMILES string of the molecule is COc1ccc2c(c1)C(CN)(N1CCCC1)CCO2. The minimum absolute atomic E-state index is 0.0708. The molecule has 2 N–H and O–H groups in total. The summed E-state index contributed by atoms with van der Waals surface area (Å²) in [6.07, 6.45) is 3.49. The Bertz CT molecular complexity index is 457. The zero-order valence-corrected chi connectivity index (χ0v) is 11.5. The maximum atomic E-state index is 6.19. The lowest BCUT2D eigenvalue weighted by Crippen LogP contribution is -2.52. The average molecular weight is 262 g/mol. The molecular weight excluding hydrogens is 240 g/mol. The summed E-state index contributed by atoms with van der Waals surface area (Å²) in [5.41, 5.74) is 7.31. The second-order valence-electron chi connectivity index (χ2n) is 5.39. The number of ether oxygens (including phenoxy) is 2. The van der Waals surface area contributed by atoms with Crippen LogP contribution >= 0.6 is 0 Å². The normalized spacial score (nSPS) is 26.8. The molecule has 1 aromatic carbocycles. The first-order chi connectivity index (χ1) is 9.30. The average Bonchev–Trinajstić information content (AvgIpc) is 3.00. The highest BCUT2D eigenvalue weighted by Gasteiger charge is 2.42. The molecule has 4 nitrogen and oxygen atoms in total. The summed E-state index contributed by atoms with van der Waals surface area (Å²) < 4.78 is 11.2. The Morgan fingerprint density at radius 2 is 2.16 bits per heavy atom. The summed E-state index contributed by atoms with van der Waals surface area (Å²) in [7, 11) is 1.70. The largest absolute Gasteiger partial charge is 0.497 e. The summed E-state index contributed by atoms with van der Waals surface area (Å²) in [6.45, 7) is 3.64. The second-order valence-corrected chi connectivity index (χ2v) is 5.39. The quantitative estimate of drug-likeness (QED) is 0.901. The van der Waals surface area contributed by atoms with Gasteiger partial charge in [0.05, 0.1) is 19.3 Å². The molecule has 2 heterocycles. The Hall–Kier alpha value is -1.26. The Kier molecular flexibility index (Phi) is 3.37. The van der Waals surface area contributed by atoms with Crippen molar-refractivity contribution < 1.29 is 9.47 Å². The van der Waals surface area contributed by atoms with Crippen LogP contribution in [0.4, 0.5) is 0 Å². The molecule has 0 saturated carbocycles. The molecule has 104 valence electrons. The van der Waals surface area contributed by atoms with Gasteiger partial charge in [0.15, 0.2) is 0 Å². The molecule has 0 spiro atoms. The van der Waals surface area contributed by atoms with Gasteiger partial charge in [-0.1, -0.05) is 0 Å². The summed E-state index contributed by atoms with van der Waals surface area (Å²) in [4.78, 5) is 2.54. The lowest BCUT2D eigenvalue weighted by atomic mass is 9.82. The molecule has 2 aliphatic rings. The molecular formula is C15H22N2O2. The number of fused-ring (bicyclic) bond motifs is 1. The number of nitrogens with zero attached hydrogens (tertiary/aromatic N) is 1. The smallest absolute Gasteiger partial charge is 0.124 e. The molecule has 4 heteroatoms. The molecule has 0 aromatic heterocycles. The number of nitrogens with two attached hydrogens (primary N) is 1. The minimum Gasteiger partial charge on any atom is -0.497 e. The van der Waals surface area contributed by atoms with E-state index in [0.717, 1.165) is 37.6 Å². The van der Waals surface area contributed by atoms with Crippen molar-refractivity contribution in [3.05, 3.63) is 23.8 Å². The van der Waals surface area contributed by atoms with Gasteiger partial charge in [-0.15, -0.1) is 0 Å². The third-order valence-electron chi connectivity index (χ3n) is 4.51. The van der Waals surface area contributed by atoms with Gasteiger partial charge in [0.1, 0.15) is 11.5 Å². The number of methoxy groups -OCH3 is 1. The summed E-state index contributed by atoms with van der Waals surface area (Å²) >= 11 is 0. The fourth-order valence-corrected chi connectivity index (χ4v) is 3.40. The molecule has 3 rings (SSSR count). The van der Waals surface area contributed by atoms with E-state index >= 15 is 0 Å². The standard InChI is InChI=1S/C15H22N2O2/c1-18-12-4-5-14-13(10-12)15(11-16,6-9-19-14)17-7-2-3-8-17/h4-5,10H,2-3,6-9,11,16H2,1H3. The van der Waals surface area contributed by atoms with Crippen LogP contribution in [-0.2, 0) is 5.54 Å².